The third kappa shape index (κ3) is 4.33. The van der Waals surface area contributed by atoms with Crippen LogP contribution in [0.15, 0.2) is 164 Å². The molecule has 0 amide bonds. The first-order valence-corrected chi connectivity index (χ1v) is 16.0. The topological polar surface area (TPSA) is 3.24 Å². The van der Waals surface area contributed by atoms with E-state index in [0.29, 0.717) is 0 Å². The zero-order valence-electron chi connectivity index (χ0n) is 22.9. The summed E-state index contributed by atoms with van der Waals surface area (Å²) in [5, 5.41) is 5.50. The second kappa shape index (κ2) is 10.5. The normalized spacial score (nSPS) is 11.3. The maximum Gasteiger partial charge on any atom is -0.0544 e. The smallest absolute Gasteiger partial charge is 0.0544 e. The molecule has 198 valence electrons. The van der Waals surface area contributed by atoms with Gasteiger partial charge < -0.3 is 0 Å². The number of hydrogen-bond acceptors (Lipinski definition) is 1. The Bertz CT molecular complexity index is 2180. The molecule has 8 aromatic rings. The Morgan fingerprint density at radius 1 is 0.405 bits per heavy atom. The standard InChI is InChI=1S/C40H27NSe/c1-3-11-28(12-4-1)29-21-24-33(25-22-29)41(32-15-5-2-6-16-32)34-17-9-14-31(27-34)35-19-10-20-38-39(35)37-26-23-30-13-7-8-18-36(30)40(37)42-38/h1-27H. The molecular formula is C40H27NSe. The molecule has 7 aromatic carbocycles. The molecule has 0 aliphatic rings. The van der Waals surface area contributed by atoms with Gasteiger partial charge in [0, 0.05) is 0 Å². The van der Waals surface area contributed by atoms with Crippen molar-refractivity contribution >= 4 is 61.6 Å². The van der Waals surface area contributed by atoms with Crippen LogP contribution < -0.4 is 4.90 Å². The van der Waals surface area contributed by atoms with Crippen LogP contribution in [0.3, 0.4) is 0 Å². The van der Waals surface area contributed by atoms with E-state index >= 15 is 0 Å². The average Bonchev–Trinajstić information content (AvgIpc) is 3.46. The van der Waals surface area contributed by atoms with Crippen LogP contribution >= 0.6 is 0 Å². The predicted octanol–water partition coefficient (Wildman–Crippen LogP) is 11.0. The monoisotopic (exact) mass is 601 g/mol. The Hall–Kier alpha value is -4.88. The zero-order valence-corrected chi connectivity index (χ0v) is 24.7. The van der Waals surface area contributed by atoms with Gasteiger partial charge in [-0.3, -0.25) is 0 Å². The fraction of sp³-hybridized carbons (Fsp3) is 0. The number of hydrogen-bond donors (Lipinski definition) is 0. The molecule has 0 radical (unpaired) electrons. The largest absolute Gasteiger partial charge is 0.0617 e. The summed E-state index contributed by atoms with van der Waals surface area (Å²) in [4.78, 5) is 2.35. The Balaban J connectivity index is 1.27. The van der Waals surface area contributed by atoms with Gasteiger partial charge in [-0.15, -0.1) is 0 Å². The van der Waals surface area contributed by atoms with E-state index in [0.717, 1.165) is 17.1 Å². The van der Waals surface area contributed by atoms with E-state index in [1.54, 1.807) is 0 Å². The van der Waals surface area contributed by atoms with Crippen LogP contribution in [-0.4, -0.2) is 14.5 Å². The fourth-order valence-electron chi connectivity index (χ4n) is 6.06. The minimum atomic E-state index is 0.287. The average molecular weight is 601 g/mol. The predicted molar refractivity (Wildman–Crippen MR) is 181 cm³/mol. The molecule has 42 heavy (non-hydrogen) atoms. The van der Waals surface area contributed by atoms with Crippen LogP contribution in [0.2, 0.25) is 0 Å². The Morgan fingerprint density at radius 3 is 1.88 bits per heavy atom. The first-order chi connectivity index (χ1) is 20.8. The van der Waals surface area contributed by atoms with Crippen LogP contribution in [0.1, 0.15) is 0 Å². The number of para-hydroxylation sites is 1. The van der Waals surface area contributed by atoms with Crippen molar-refractivity contribution in [3.05, 3.63) is 164 Å². The Kier molecular flexibility index (Phi) is 6.22. The van der Waals surface area contributed by atoms with Crippen molar-refractivity contribution < 1.29 is 0 Å². The molecular weight excluding hydrogens is 573 g/mol. The summed E-state index contributed by atoms with van der Waals surface area (Å²) < 4.78 is 2.97. The molecule has 0 bridgehead atoms. The van der Waals surface area contributed by atoms with Crippen LogP contribution in [0.5, 0.6) is 0 Å². The number of benzene rings is 7. The maximum atomic E-state index is 2.35. The molecule has 1 heterocycles. The van der Waals surface area contributed by atoms with Gasteiger partial charge in [0.2, 0.25) is 0 Å². The van der Waals surface area contributed by atoms with Crippen molar-refractivity contribution in [2.45, 2.75) is 0 Å². The van der Waals surface area contributed by atoms with Crippen LogP contribution in [0.4, 0.5) is 17.1 Å². The molecule has 0 unspecified atom stereocenters. The molecule has 0 aliphatic heterocycles. The molecule has 8 rings (SSSR count). The van der Waals surface area contributed by atoms with Gasteiger partial charge in [-0.1, -0.05) is 30.3 Å². The maximum absolute atomic E-state index is 2.35. The van der Waals surface area contributed by atoms with E-state index in [1.807, 2.05) is 0 Å². The van der Waals surface area contributed by atoms with Gasteiger partial charge in [-0.2, -0.15) is 0 Å². The summed E-state index contributed by atoms with van der Waals surface area (Å²) in [6.45, 7) is 0. The van der Waals surface area contributed by atoms with Crippen molar-refractivity contribution in [2.75, 3.05) is 4.90 Å². The number of fused-ring (bicyclic) bond motifs is 5. The summed E-state index contributed by atoms with van der Waals surface area (Å²) in [6, 6.07) is 59.4. The third-order valence-corrected chi connectivity index (χ3v) is 10.6. The van der Waals surface area contributed by atoms with E-state index in [2.05, 4.69) is 169 Å². The van der Waals surface area contributed by atoms with E-state index in [-0.39, 0.29) is 14.5 Å². The number of anilines is 3. The quantitative estimate of drug-likeness (QED) is 0.178. The minimum Gasteiger partial charge on any atom is -0.0617 e. The van der Waals surface area contributed by atoms with Crippen LogP contribution in [-0.2, 0) is 0 Å². The fourth-order valence-corrected chi connectivity index (χ4v) is 8.72. The van der Waals surface area contributed by atoms with E-state index < -0.39 is 0 Å². The Morgan fingerprint density at radius 2 is 1.05 bits per heavy atom. The number of nitrogens with zero attached hydrogens (tertiary/aromatic N) is 1. The molecule has 0 spiro atoms. The molecule has 1 nitrogen and oxygen atoms in total. The van der Waals surface area contributed by atoms with Gasteiger partial charge >= 0.3 is 222 Å². The molecule has 0 fully saturated rings. The molecule has 0 saturated carbocycles. The molecule has 0 N–H and O–H groups in total. The molecule has 0 saturated heterocycles. The molecule has 2 heteroatoms. The molecule has 0 atom stereocenters. The van der Waals surface area contributed by atoms with E-state index in [4.69, 9.17) is 0 Å². The second-order valence-electron chi connectivity index (χ2n) is 10.6. The summed E-state index contributed by atoms with van der Waals surface area (Å²) in [7, 11) is 0. The third-order valence-electron chi connectivity index (χ3n) is 8.05. The van der Waals surface area contributed by atoms with Gasteiger partial charge in [0.25, 0.3) is 0 Å². The van der Waals surface area contributed by atoms with Gasteiger partial charge in [0.1, 0.15) is 0 Å². The SMILES string of the molecule is c1ccc(-c2ccc(N(c3ccccc3)c3cccc(-c4cccc5[se]c6c7ccccc7ccc6c45)c3)cc2)cc1. The summed E-state index contributed by atoms with van der Waals surface area (Å²) in [5.74, 6) is 0. The van der Waals surface area contributed by atoms with Gasteiger partial charge in [0.15, 0.2) is 0 Å². The van der Waals surface area contributed by atoms with Crippen molar-refractivity contribution in [3.63, 3.8) is 0 Å². The minimum absolute atomic E-state index is 0.287. The molecule has 1 aromatic heterocycles. The summed E-state index contributed by atoms with van der Waals surface area (Å²) in [6.07, 6.45) is 0. The van der Waals surface area contributed by atoms with Crippen molar-refractivity contribution in [1.29, 1.82) is 0 Å². The van der Waals surface area contributed by atoms with E-state index in [1.165, 1.54) is 52.3 Å². The van der Waals surface area contributed by atoms with Crippen molar-refractivity contribution in [2.24, 2.45) is 0 Å². The van der Waals surface area contributed by atoms with Crippen molar-refractivity contribution in [3.8, 4) is 22.3 Å². The Labute approximate surface area is 251 Å². The van der Waals surface area contributed by atoms with Crippen LogP contribution in [0, 0.1) is 0 Å². The number of rotatable bonds is 5. The first kappa shape index (κ1) is 24.9. The molecule has 0 aliphatic carbocycles. The van der Waals surface area contributed by atoms with Gasteiger partial charge in [0.05, 0.1) is 0 Å². The first-order valence-electron chi connectivity index (χ1n) is 14.3. The summed E-state index contributed by atoms with van der Waals surface area (Å²) in [5.41, 5.74) is 8.41. The van der Waals surface area contributed by atoms with Gasteiger partial charge in [-0.25, -0.2) is 0 Å². The van der Waals surface area contributed by atoms with Gasteiger partial charge in [-0.05, 0) is 0 Å². The second-order valence-corrected chi connectivity index (χ2v) is 12.8. The van der Waals surface area contributed by atoms with E-state index in [9.17, 15) is 0 Å². The summed E-state index contributed by atoms with van der Waals surface area (Å²) >= 11 is 0.287. The van der Waals surface area contributed by atoms with Crippen LogP contribution in [0.25, 0.3) is 52.3 Å². The zero-order chi connectivity index (χ0) is 27.9. The van der Waals surface area contributed by atoms with Crippen molar-refractivity contribution in [1.82, 2.24) is 0 Å².